The first-order valence-electron chi connectivity index (χ1n) is 6.99. The number of aldehydes is 1. The number of rotatable bonds is 7. The molecule has 0 unspecified atom stereocenters. The van der Waals surface area contributed by atoms with Gasteiger partial charge in [0.2, 0.25) is 0 Å². The maximum Gasteiger partial charge on any atom is 0.265 e. The molecule has 2 aromatic carbocycles. The number of anilines is 1. The zero-order valence-electron chi connectivity index (χ0n) is 12.4. The molecule has 0 spiro atoms. The molecule has 0 N–H and O–H groups in total. The van der Waals surface area contributed by atoms with Gasteiger partial charge in [-0.3, -0.25) is 9.59 Å². The maximum absolute atomic E-state index is 12.4. The average Bonchev–Trinajstić information content (AvgIpc) is 2.59. The van der Waals surface area contributed by atoms with E-state index >= 15 is 0 Å². The number of carbonyl (C=O) groups is 2. The van der Waals surface area contributed by atoms with E-state index in [0.717, 1.165) is 10.2 Å². The van der Waals surface area contributed by atoms with Crippen molar-refractivity contribution in [2.24, 2.45) is 0 Å². The minimum absolute atomic E-state index is 0.162. The molecule has 0 aromatic heterocycles. The molecule has 0 heterocycles. The summed E-state index contributed by atoms with van der Waals surface area (Å²) in [6.07, 6.45) is 2.35. The number of ether oxygens (including phenoxy) is 1. The van der Waals surface area contributed by atoms with Crippen molar-refractivity contribution < 1.29 is 14.3 Å². The molecule has 4 nitrogen and oxygen atoms in total. The fraction of sp³-hybridized carbons (Fsp3) is 0.111. The highest BCUT2D eigenvalue weighted by Gasteiger charge is 2.15. The Labute approximate surface area is 143 Å². The molecule has 5 heteroatoms. The Hall–Kier alpha value is -2.40. The summed E-state index contributed by atoms with van der Waals surface area (Å²) in [5, 5.41) is 0. The topological polar surface area (TPSA) is 46.6 Å². The summed E-state index contributed by atoms with van der Waals surface area (Å²) in [5.74, 6) is 0.166. The summed E-state index contributed by atoms with van der Waals surface area (Å²) in [7, 11) is 0. The number of carbonyl (C=O) groups excluding carboxylic acids is 2. The van der Waals surface area contributed by atoms with Crippen molar-refractivity contribution in [1.82, 2.24) is 0 Å². The highest BCUT2D eigenvalue weighted by molar-refractivity contribution is 9.10. The molecule has 0 radical (unpaired) electrons. The van der Waals surface area contributed by atoms with Gasteiger partial charge in [-0.15, -0.1) is 6.58 Å². The predicted octanol–water partition coefficient (Wildman–Crippen LogP) is 3.86. The van der Waals surface area contributed by atoms with E-state index in [2.05, 4.69) is 22.5 Å². The molecule has 0 aliphatic heterocycles. The van der Waals surface area contributed by atoms with E-state index < -0.39 is 0 Å². The third-order valence-corrected chi connectivity index (χ3v) is 3.62. The molecular weight excluding hydrogens is 358 g/mol. The number of nitrogens with zero attached hydrogens (tertiary/aromatic N) is 1. The number of hydrogen-bond acceptors (Lipinski definition) is 3. The summed E-state index contributed by atoms with van der Waals surface area (Å²) in [4.78, 5) is 25.1. The van der Waals surface area contributed by atoms with Crippen molar-refractivity contribution in [3.63, 3.8) is 0 Å². The van der Waals surface area contributed by atoms with Gasteiger partial charge >= 0.3 is 0 Å². The van der Waals surface area contributed by atoms with Crippen molar-refractivity contribution >= 4 is 33.8 Å². The Morgan fingerprint density at radius 1 is 1.22 bits per heavy atom. The fourth-order valence-corrected chi connectivity index (χ4v) is 2.43. The second kappa shape index (κ2) is 8.29. The van der Waals surface area contributed by atoms with E-state index in [-0.39, 0.29) is 12.5 Å². The van der Waals surface area contributed by atoms with Crippen LogP contribution in [0, 0.1) is 0 Å². The van der Waals surface area contributed by atoms with Gasteiger partial charge in [0.05, 0.1) is 5.56 Å². The van der Waals surface area contributed by atoms with Crippen LogP contribution in [0.25, 0.3) is 0 Å². The number of hydrogen-bond donors (Lipinski definition) is 0. The van der Waals surface area contributed by atoms with Crippen molar-refractivity contribution in [3.05, 3.63) is 71.2 Å². The lowest BCUT2D eigenvalue weighted by Gasteiger charge is -2.21. The largest absolute Gasteiger partial charge is 0.483 e. The van der Waals surface area contributed by atoms with Gasteiger partial charge in [0.15, 0.2) is 12.9 Å². The van der Waals surface area contributed by atoms with Crippen molar-refractivity contribution in [3.8, 4) is 5.75 Å². The summed E-state index contributed by atoms with van der Waals surface area (Å²) >= 11 is 3.29. The van der Waals surface area contributed by atoms with Gasteiger partial charge < -0.3 is 9.64 Å². The van der Waals surface area contributed by atoms with Crippen LogP contribution in [0.3, 0.4) is 0 Å². The molecule has 0 atom stereocenters. The van der Waals surface area contributed by atoms with Crippen LogP contribution in [0.5, 0.6) is 5.75 Å². The highest BCUT2D eigenvalue weighted by Crippen LogP contribution is 2.22. The van der Waals surface area contributed by atoms with Crippen molar-refractivity contribution in [2.75, 3.05) is 18.1 Å². The van der Waals surface area contributed by atoms with E-state index in [9.17, 15) is 9.59 Å². The standard InChI is InChI=1S/C18H16BrNO3/c1-2-10-20(16-6-4-3-5-7-16)18(22)13-23-17-9-8-15(19)11-14(17)12-21/h2-9,11-12H,1,10,13H2. The smallest absolute Gasteiger partial charge is 0.265 e. The second-order valence-corrected chi connectivity index (χ2v) is 5.63. The normalized spacial score (nSPS) is 9.96. The number of halogens is 1. The Bertz CT molecular complexity index is 701. The molecule has 1 amide bonds. The number of amides is 1. The Balaban J connectivity index is 2.11. The zero-order chi connectivity index (χ0) is 16.7. The Morgan fingerprint density at radius 2 is 1.96 bits per heavy atom. The van der Waals surface area contributed by atoms with E-state index in [4.69, 9.17) is 4.74 Å². The zero-order valence-corrected chi connectivity index (χ0v) is 14.0. The summed E-state index contributed by atoms with van der Waals surface area (Å²) in [5.41, 5.74) is 1.16. The molecule has 0 fully saturated rings. The van der Waals surface area contributed by atoms with Crippen LogP contribution in [0.2, 0.25) is 0 Å². The molecule has 118 valence electrons. The number of para-hydroxylation sites is 1. The van der Waals surface area contributed by atoms with Crippen molar-refractivity contribution in [1.29, 1.82) is 0 Å². The summed E-state index contributed by atoms with van der Waals surface area (Å²) in [6, 6.07) is 14.3. The van der Waals surface area contributed by atoms with Gasteiger partial charge in [-0.1, -0.05) is 40.2 Å². The lowest BCUT2D eigenvalue weighted by atomic mass is 10.2. The van der Waals surface area contributed by atoms with E-state index in [0.29, 0.717) is 24.1 Å². The fourth-order valence-electron chi connectivity index (χ4n) is 2.05. The molecule has 0 saturated heterocycles. The first-order chi connectivity index (χ1) is 11.2. The SMILES string of the molecule is C=CCN(C(=O)COc1ccc(Br)cc1C=O)c1ccccc1. The van der Waals surface area contributed by atoms with Crippen LogP contribution >= 0.6 is 15.9 Å². The third kappa shape index (κ3) is 4.53. The molecular formula is C18H16BrNO3. The van der Waals surface area contributed by atoms with Crippen LogP contribution < -0.4 is 9.64 Å². The van der Waals surface area contributed by atoms with Gasteiger partial charge in [0.25, 0.3) is 5.91 Å². The lowest BCUT2D eigenvalue weighted by molar-refractivity contribution is -0.120. The molecule has 0 aliphatic rings. The van der Waals surface area contributed by atoms with Crippen LogP contribution in [0.4, 0.5) is 5.69 Å². The van der Waals surface area contributed by atoms with Crippen LogP contribution in [0.15, 0.2) is 65.7 Å². The van der Waals surface area contributed by atoms with Gasteiger partial charge in [0, 0.05) is 16.7 Å². The molecule has 0 bridgehead atoms. The minimum Gasteiger partial charge on any atom is -0.483 e. The Morgan fingerprint density at radius 3 is 2.61 bits per heavy atom. The van der Waals surface area contributed by atoms with Crippen LogP contribution in [-0.4, -0.2) is 25.3 Å². The first kappa shape index (κ1) is 17.0. The van der Waals surface area contributed by atoms with Crippen LogP contribution in [0.1, 0.15) is 10.4 Å². The molecule has 0 saturated carbocycles. The molecule has 23 heavy (non-hydrogen) atoms. The van der Waals surface area contributed by atoms with Gasteiger partial charge in [-0.2, -0.15) is 0 Å². The van der Waals surface area contributed by atoms with E-state index in [1.165, 1.54) is 0 Å². The first-order valence-corrected chi connectivity index (χ1v) is 7.79. The van der Waals surface area contributed by atoms with Gasteiger partial charge in [0.1, 0.15) is 5.75 Å². The quantitative estimate of drug-likeness (QED) is 0.546. The van der Waals surface area contributed by atoms with Gasteiger partial charge in [-0.25, -0.2) is 0 Å². The van der Waals surface area contributed by atoms with Crippen LogP contribution in [-0.2, 0) is 4.79 Å². The molecule has 0 aliphatic carbocycles. The second-order valence-electron chi connectivity index (χ2n) is 4.72. The summed E-state index contributed by atoms with van der Waals surface area (Å²) < 4.78 is 6.29. The minimum atomic E-state index is -0.212. The monoisotopic (exact) mass is 373 g/mol. The summed E-state index contributed by atoms with van der Waals surface area (Å²) in [6.45, 7) is 3.90. The average molecular weight is 374 g/mol. The molecule has 2 rings (SSSR count). The third-order valence-electron chi connectivity index (χ3n) is 3.13. The lowest BCUT2D eigenvalue weighted by Crippen LogP contribution is -2.35. The van der Waals surface area contributed by atoms with E-state index in [1.807, 2.05) is 30.3 Å². The van der Waals surface area contributed by atoms with E-state index in [1.54, 1.807) is 29.2 Å². The number of benzene rings is 2. The maximum atomic E-state index is 12.4. The molecule has 2 aromatic rings. The predicted molar refractivity (Wildman–Crippen MR) is 94.0 cm³/mol. The van der Waals surface area contributed by atoms with Crippen molar-refractivity contribution in [2.45, 2.75) is 0 Å². The Kier molecular flexibility index (Phi) is 6.11. The highest BCUT2D eigenvalue weighted by atomic mass is 79.9. The van der Waals surface area contributed by atoms with Gasteiger partial charge in [-0.05, 0) is 30.3 Å².